The van der Waals surface area contributed by atoms with Crippen LogP contribution in [-0.4, -0.2) is 28.1 Å². The highest BCUT2D eigenvalue weighted by Gasteiger charge is 2.23. The number of carbonyl (C=O) groups excluding carboxylic acids is 1. The lowest BCUT2D eigenvalue weighted by atomic mass is 10.0. The van der Waals surface area contributed by atoms with E-state index in [0.29, 0.717) is 28.2 Å². The fraction of sp³-hybridized carbons (Fsp3) is 0.294. The summed E-state index contributed by atoms with van der Waals surface area (Å²) in [5.74, 6) is 0.600. The molecule has 0 atom stereocenters. The number of pyridine rings is 2. The zero-order chi connectivity index (χ0) is 16.6. The molecule has 0 saturated carbocycles. The molecular weight excluding hydrogens is 292 g/mol. The molecule has 0 bridgehead atoms. The molecule has 0 radical (unpaired) electrons. The molecule has 3 aromatic heterocycles. The molecule has 0 aliphatic heterocycles. The zero-order valence-electron chi connectivity index (χ0n) is 13.6. The monoisotopic (exact) mass is 310 g/mol. The Labute approximate surface area is 134 Å². The van der Waals surface area contributed by atoms with E-state index in [2.05, 4.69) is 15.1 Å². The standard InChI is InChI=1S/C17H18N4O2/c1-10(2)13-9-12(15-11(3)20-23-16(15)19-13)17(22)21(4)14-7-5-6-8-18-14/h5-10H,1-4H3. The van der Waals surface area contributed by atoms with Gasteiger partial charge < -0.3 is 4.52 Å². The highest BCUT2D eigenvalue weighted by Crippen LogP contribution is 2.26. The van der Waals surface area contributed by atoms with Crippen LogP contribution >= 0.6 is 0 Å². The van der Waals surface area contributed by atoms with Crippen LogP contribution in [0.15, 0.2) is 35.0 Å². The van der Waals surface area contributed by atoms with E-state index in [4.69, 9.17) is 4.52 Å². The van der Waals surface area contributed by atoms with Crippen LogP contribution in [0.5, 0.6) is 0 Å². The quantitative estimate of drug-likeness (QED) is 0.742. The van der Waals surface area contributed by atoms with Crippen molar-refractivity contribution in [1.29, 1.82) is 0 Å². The molecule has 0 unspecified atom stereocenters. The molecule has 0 fully saturated rings. The Kier molecular flexibility index (Phi) is 3.82. The number of hydrogen-bond acceptors (Lipinski definition) is 5. The van der Waals surface area contributed by atoms with Gasteiger partial charge in [-0.1, -0.05) is 25.1 Å². The Morgan fingerprint density at radius 2 is 2.09 bits per heavy atom. The molecule has 6 nitrogen and oxygen atoms in total. The van der Waals surface area contributed by atoms with Crippen molar-refractivity contribution in [2.24, 2.45) is 0 Å². The molecule has 1 amide bonds. The fourth-order valence-electron chi connectivity index (χ4n) is 2.42. The second-order valence-corrected chi connectivity index (χ2v) is 5.75. The van der Waals surface area contributed by atoms with Crippen LogP contribution in [0.2, 0.25) is 0 Å². The molecular formula is C17H18N4O2. The Balaban J connectivity index is 2.14. The summed E-state index contributed by atoms with van der Waals surface area (Å²) >= 11 is 0. The molecule has 0 saturated heterocycles. The van der Waals surface area contributed by atoms with Crippen molar-refractivity contribution in [2.45, 2.75) is 26.7 Å². The van der Waals surface area contributed by atoms with Gasteiger partial charge in [-0.3, -0.25) is 9.69 Å². The normalized spacial score (nSPS) is 11.2. The Morgan fingerprint density at radius 1 is 1.30 bits per heavy atom. The van der Waals surface area contributed by atoms with Crippen LogP contribution in [-0.2, 0) is 0 Å². The third kappa shape index (κ3) is 2.67. The molecule has 0 N–H and O–H groups in total. The van der Waals surface area contributed by atoms with Gasteiger partial charge in [0.2, 0.25) is 0 Å². The van der Waals surface area contributed by atoms with Gasteiger partial charge in [-0.15, -0.1) is 0 Å². The van der Waals surface area contributed by atoms with Crippen molar-refractivity contribution in [1.82, 2.24) is 15.1 Å². The maximum absolute atomic E-state index is 13.0. The largest absolute Gasteiger partial charge is 0.336 e. The minimum Gasteiger partial charge on any atom is -0.336 e. The van der Waals surface area contributed by atoms with Crippen LogP contribution in [0.4, 0.5) is 5.82 Å². The smallest absolute Gasteiger partial charge is 0.260 e. The predicted octanol–water partition coefficient (Wildman–Crippen LogP) is 3.33. The Hall–Kier alpha value is -2.76. The Bertz CT molecular complexity index is 856. The summed E-state index contributed by atoms with van der Waals surface area (Å²) in [4.78, 5) is 23.2. The van der Waals surface area contributed by atoms with Gasteiger partial charge in [0, 0.05) is 18.9 Å². The van der Waals surface area contributed by atoms with Gasteiger partial charge in [-0.05, 0) is 31.0 Å². The van der Waals surface area contributed by atoms with Crippen molar-refractivity contribution >= 4 is 22.8 Å². The van der Waals surface area contributed by atoms with Gasteiger partial charge >= 0.3 is 0 Å². The number of rotatable bonds is 3. The van der Waals surface area contributed by atoms with Crippen molar-refractivity contribution in [3.8, 4) is 0 Å². The van der Waals surface area contributed by atoms with Crippen molar-refractivity contribution in [2.75, 3.05) is 11.9 Å². The van der Waals surface area contributed by atoms with E-state index in [1.165, 1.54) is 4.90 Å². The van der Waals surface area contributed by atoms with Crippen LogP contribution in [0.1, 0.15) is 41.5 Å². The first-order valence-corrected chi connectivity index (χ1v) is 7.45. The molecule has 6 heteroatoms. The number of nitrogens with zero attached hydrogens (tertiary/aromatic N) is 4. The average Bonchev–Trinajstić information content (AvgIpc) is 2.95. The summed E-state index contributed by atoms with van der Waals surface area (Å²) in [5, 5.41) is 4.60. The molecule has 0 spiro atoms. The molecule has 23 heavy (non-hydrogen) atoms. The van der Waals surface area contributed by atoms with Gasteiger partial charge in [0.05, 0.1) is 16.6 Å². The maximum Gasteiger partial charge on any atom is 0.260 e. The maximum atomic E-state index is 13.0. The minimum absolute atomic E-state index is 0.163. The summed E-state index contributed by atoms with van der Waals surface area (Å²) in [6, 6.07) is 7.27. The number of carbonyl (C=O) groups is 1. The Morgan fingerprint density at radius 3 is 2.74 bits per heavy atom. The number of anilines is 1. The highest BCUT2D eigenvalue weighted by molar-refractivity contribution is 6.13. The molecule has 3 rings (SSSR count). The zero-order valence-corrected chi connectivity index (χ0v) is 13.6. The summed E-state index contributed by atoms with van der Waals surface area (Å²) in [5.41, 5.74) is 2.38. The van der Waals surface area contributed by atoms with Gasteiger partial charge in [0.1, 0.15) is 5.82 Å². The van der Waals surface area contributed by atoms with Crippen molar-refractivity contribution in [3.63, 3.8) is 0 Å². The lowest BCUT2D eigenvalue weighted by Crippen LogP contribution is -2.27. The van der Waals surface area contributed by atoms with E-state index < -0.39 is 0 Å². The van der Waals surface area contributed by atoms with Gasteiger partial charge in [0.15, 0.2) is 0 Å². The second-order valence-electron chi connectivity index (χ2n) is 5.75. The van der Waals surface area contributed by atoms with E-state index in [1.807, 2.05) is 32.0 Å². The highest BCUT2D eigenvalue weighted by atomic mass is 16.5. The number of aryl methyl sites for hydroxylation is 1. The lowest BCUT2D eigenvalue weighted by molar-refractivity contribution is 0.0993. The number of fused-ring (bicyclic) bond motifs is 1. The van der Waals surface area contributed by atoms with Gasteiger partial charge in [0.25, 0.3) is 11.6 Å². The lowest BCUT2D eigenvalue weighted by Gasteiger charge is -2.17. The summed E-state index contributed by atoms with van der Waals surface area (Å²) < 4.78 is 5.27. The first-order valence-electron chi connectivity index (χ1n) is 7.45. The van der Waals surface area contributed by atoms with Crippen LogP contribution in [0.25, 0.3) is 11.1 Å². The summed E-state index contributed by atoms with van der Waals surface area (Å²) in [6.07, 6.45) is 1.66. The average molecular weight is 310 g/mol. The number of aromatic nitrogens is 3. The third-order valence-corrected chi connectivity index (χ3v) is 3.76. The molecule has 0 aliphatic rings. The van der Waals surface area contributed by atoms with Crippen LogP contribution < -0.4 is 4.90 Å². The van der Waals surface area contributed by atoms with E-state index in [1.54, 1.807) is 26.2 Å². The second kappa shape index (κ2) is 5.79. The van der Waals surface area contributed by atoms with Gasteiger partial charge in [-0.2, -0.15) is 0 Å². The molecule has 3 heterocycles. The minimum atomic E-state index is -0.163. The van der Waals surface area contributed by atoms with E-state index >= 15 is 0 Å². The first kappa shape index (κ1) is 15.1. The molecule has 3 aromatic rings. The summed E-state index contributed by atoms with van der Waals surface area (Å²) in [6.45, 7) is 5.85. The summed E-state index contributed by atoms with van der Waals surface area (Å²) in [7, 11) is 1.70. The number of hydrogen-bond donors (Lipinski definition) is 0. The molecule has 0 aliphatic carbocycles. The first-order chi connectivity index (χ1) is 11.0. The van der Waals surface area contributed by atoms with Crippen LogP contribution in [0.3, 0.4) is 0 Å². The van der Waals surface area contributed by atoms with E-state index in [0.717, 1.165) is 5.69 Å². The van der Waals surface area contributed by atoms with Crippen molar-refractivity contribution in [3.05, 3.63) is 47.4 Å². The van der Waals surface area contributed by atoms with Crippen molar-refractivity contribution < 1.29 is 9.32 Å². The number of amides is 1. The molecule has 0 aromatic carbocycles. The predicted molar refractivity (Wildman–Crippen MR) is 87.6 cm³/mol. The van der Waals surface area contributed by atoms with E-state index in [9.17, 15) is 4.79 Å². The topological polar surface area (TPSA) is 72.1 Å². The fourth-order valence-corrected chi connectivity index (χ4v) is 2.42. The molecule has 118 valence electrons. The third-order valence-electron chi connectivity index (χ3n) is 3.76. The van der Waals surface area contributed by atoms with Crippen LogP contribution in [0, 0.1) is 6.92 Å². The van der Waals surface area contributed by atoms with Gasteiger partial charge in [-0.25, -0.2) is 9.97 Å². The SMILES string of the molecule is Cc1noc2nc(C(C)C)cc(C(=O)N(C)c3ccccn3)c12. The van der Waals surface area contributed by atoms with E-state index in [-0.39, 0.29) is 11.8 Å².